The lowest BCUT2D eigenvalue weighted by Crippen LogP contribution is -2.31. The average Bonchev–Trinajstić information content (AvgIpc) is 2.88. The molecule has 0 saturated carbocycles. The van der Waals surface area contributed by atoms with E-state index in [1.165, 1.54) is 0 Å². The number of hydrogen-bond acceptors (Lipinski definition) is 4. The molecule has 3 heterocycles. The first-order valence-electron chi connectivity index (χ1n) is 6.01. The molecule has 1 atom stereocenters. The van der Waals surface area contributed by atoms with Crippen molar-refractivity contribution in [2.75, 3.05) is 0 Å². The summed E-state index contributed by atoms with van der Waals surface area (Å²) < 4.78 is 6.82. The Kier molecular flexibility index (Phi) is 2.78. The summed E-state index contributed by atoms with van der Waals surface area (Å²) in [5, 5.41) is 3.93. The third kappa shape index (κ3) is 1.90. The molecule has 0 spiro atoms. The van der Waals surface area contributed by atoms with Crippen LogP contribution in [0.1, 0.15) is 29.2 Å². The Hall–Kier alpha value is -1.88. The molecule has 0 aliphatic carbocycles. The molecule has 1 aliphatic heterocycles. The minimum atomic E-state index is -0.281. The molecule has 1 aliphatic rings. The number of nitrogens with zero attached hydrogens (tertiary/aromatic N) is 1. The van der Waals surface area contributed by atoms with E-state index in [9.17, 15) is 9.59 Å². The largest absolute Gasteiger partial charge is 0.426 e. The van der Waals surface area contributed by atoms with Gasteiger partial charge in [-0.25, -0.2) is 0 Å². The van der Waals surface area contributed by atoms with Crippen molar-refractivity contribution >= 4 is 17.3 Å². The molecular weight excluding hydrogens is 262 g/mol. The number of aromatic nitrogens is 1. The number of rotatable bonds is 1. The van der Waals surface area contributed by atoms with E-state index in [2.05, 4.69) is 0 Å². The van der Waals surface area contributed by atoms with E-state index >= 15 is 0 Å². The quantitative estimate of drug-likeness (QED) is 0.750. The fourth-order valence-corrected chi connectivity index (χ4v) is 3.12. The summed E-state index contributed by atoms with van der Waals surface area (Å²) in [6.45, 7) is 1.82. The molecule has 2 aromatic rings. The van der Waals surface area contributed by atoms with E-state index in [1.807, 2.05) is 23.8 Å². The fraction of sp³-hybridized carbons (Fsp3) is 0.286. The van der Waals surface area contributed by atoms with Gasteiger partial charge in [-0.15, -0.1) is 0 Å². The Morgan fingerprint density at radius 2 is 2.21 bits per heavy atom. The van der Waals surface area contributed by atoms with E-state index < -0.39 is 0 Å². The molecule has 19 heavy (non-hydrogen) atoms. The SMILES string of the molecule is Cc1cc2c(c(=O)n1C)[C@H](c1ccsc1)CC(=O)O2. The number of ether oxygens (including phenoxy) is 1. The van der Waals surface area contributed by atoms with E-state index in [4.69, 9.17) is 4.74 Å². The summed E-state index contributed by atoms with van der Waals surface area (Å²) in [6, 6.07) is 3.71. The molecule has 0 amide bonds. The highest BCUT2D eigenvalue weighted by Crippen LogP contribution is 2.37. The second-order valence-electron chi connectivity index (χ2n) is 4.72. The third-order valence-corrected chi connectivity index (χ3v) is 4.26. The third-order valence-electron chi connectivity index (χ3n) is 3.56. The Morgan fingerprint density at radius 3 is 2.89 bits per heavy atom. The summed E-state index contributed by atoms with van der Waals surface area (Å²) in [6.07, 6.45) is 0.224. The number of carbonyl (C=O) groups excluding carboxylic acids is 1. The molecule has 0 aromatic carbocycles. The van der Waals surface area contributed by atoms with Gasteiger partial charge in [0.15, 0.2) is 0 Å². The number of carbonyl (C=O) groups is 1. The van der Waals surface area contributed by atoms with Crippen LogP contribution in [-0.4, -0.2) is 10.5 Å². The van der Waals surface area contributed by atoms with Gasteiger partial charge in [0.2, 0.25) is 0 Å². The van der Waals surface area contributed by atoms with Gasteiger partial charge in [-0.2, -0.15) is 11.3 Å². The van der Waals surface area contributed by atoms with Gasteiger partial charge in [0.25, 0.3) is 5.56 Å². The van der Waals surface area contributed by atoms with Crippen molar-refractivity contribution in [3.05, 3.63) is 50.1 Å². The van der Waals surface area contributed by atoms with Crippen molar-refractivity contribution in [3.8, 4) is 5.75 Å². The Bertz CT molecular complexity index is 700. The zero-order valence-electron chi connectivity index (χ0n) is 10.7. The van der Waals surface area contributed by atoms with Gasteiger partial charge in [0.1, 0.15) is 5.75 Å². The van der Waals surface area contributed by atoms with Crippen LogP contribution in [0.2, 0.25) is 0 Å². The van der Waals surface area contributed by atoms with Gasteiger partial charge in [0, 0.05) is 24.7 Å². The van der Waals surface area contributed by atoms with Gasteiger partial charge >= 0.3 is 5.97 Å². The molecule has 98 valence electrons. The van der Waals surface area contributed by atoms with Crippen LogP contribution < -0.4 is 10.3 Å². The van der Waals surface area contributed by atoms with Crippen molar-refractivity contribution in [3.63, 3.8) is 0 Å². The maximum Gasteiger partial charge on any atom is 0.312 e. The summed E-state index contributed by atoms with van der Waals surface area (Å²) >= 11 is 1.56. The number of esters is 1. The number of hydrogen-bond donors (Lipinski definition) is 0. The minimum absolute atomic E-state index is 0.0845. The maximum absolute atomic E-state index is 12.4. The van der Waals surface area contributed by atoms with E-state index in [0.29, 0.717) is 11.3 Å². The zero-order valence-corrected chi connectivity index (χ0v) is 11.5. The van der Waals surface area contributed by atoms with Gasteiger partial charge < -0.3 is 9.30 Å². The van der Waals surface area contributed by atoms with Crippen molar-refractivity contribution in [1.82, 2.24) is 4.57 Å². The molecule has 0 fully saturated rings. The molecule has 0 saturated heterocycles. The molecule has 2 aromatic heterocycles. The lowest BCUT2D eigenvalue weighted by molar-refractivity contribution is -0.135. The second kappa shape index (κ2) is 4.35. The molecule has 5 heteroatoms. The van der Waals surface area contributed by atoms with E-state index in [-0.39, 0.29) is 23.9 Å². The second-order valence-corrected chi connectivity index (χ2v) is 5.50. The predicted molar refractivity (Wildman–Crippen MR) is 72.8 cm³/mol. The van der Waals surface area contributed by atoms with Crippen molar-refractivity contribution in [2.24, 2.45) is 7.05 Å². The highest BCUT2D eigenvalue weighted by atomic mass is 32.1. The van der Waals surface area contributed by atoms with Gasteiger partial charge in [-0.05, 0) is 29.3 Å². The topological polar surface area (TPSA) is 48.3 Å². The maximum atomic E-state index is 12.4. The highest BCUT2D eigenvalue weighted by molar-refractivity contribution is 7.08. The van der Waals surface area contributed by atoms with Crippen LogP contribution in [0.5, 0.6) is 5.75 Å². The summed E-state index contributed by atoms with van der Waals surface area (Å²) in [5.74, 6) is -0.0637. The monoisotopic (exact) mass is 275 g/mol. The standard InChI is InChI=1S/C14H13NO3S/c1-8-5-11-13(14(17)15(8)2)10(6-12(16)18-11)9-3-4-19-7-9/h3-5,7,10H,6H2,1-2H3/t10-/m0/s1. The number of pyridine rings is 1. The number of aryl methyl sites for hydroxylation is 1. The van der Waals surface area contributed by atoms with Gasteiger partial charge in [0.05, 0.1) is 12.0 Å². The van der Waals surface area contributed by atoms with Crippen LogP contribution >= 0.6 is 11.3 Å². The minimum Gasteiger partial charge on any atom is -0.426 e. The molecular formula is C14H13NO3S. The Balaban J connectivity index is 2.26. The number of fused-ring (bicyclic) bond motifs is 1. The van der Waals surface area contributed by atoms with Crippen molar-refractivity contribution in [2.45, 2.75) is 19.3 Å². The van der Waals surface area contributed by atoms with Gasteiger partial charge in [-0.3, -0.25) is 9.59 Å². The molecule has 3 rings (SSSR count). The van der Waals surface area contributed by atoms with Crippen LogP contribution in [0.3, 0.4) is 0 Å². The molecule has 0 N–H and O–H groups in total. The normalized spacial score (nSPS) is 18.0. The van der Waals surface area contributed by atoms with Crippen LogP contribution in [0.25, 0.3) is 0 Å². The van der Waals surface area contributed by atoms with Crippen molar-refractivity contribution in [1.29, 1.82) is 0 Å². The zero-order chi connectivity index (χ0) is 13.6. The first-order chi connectivity index (χ1) is 9.08. The van der Waals surface area contributed by atoms with E-state index in [1.54, 1.807) is 29.0 Å². The lowest BCUT2D eigenvalue weighted by atomic mass is 9.88. The first-order valence-corrected chi connectivity index (χ1v) is 6.95. The lowest BCUT2D eigenvalue weighted by Gasteiger charge is -2.24. The summed E-state index contributed by atoms with van der Waals surface area (Å²) in [5.41, 5.74) is 2.29. The average molecular weight is 275 g/mol. The first kappa shape index (κ1) is 12.2. The van der Waals surface area contributed by atoms with E-state index in [0.717, 1.165) is 11.3 Å². The predicted octanol–water partition coefficient (Wildman–Crippen LogP) is 2.20. The molecule has 0 radical (unpaired) electrons. The Morgan fingerprint density at radius 1 is 1.42 bits per heavy atom. The fourth-order valence-electron chi connectivity index (χ4n) is 2.41. The van der Waals surface area contributed by atoms with Crippen LogP contribution in [0, 0.1) is 6.92 Å². The molecule has 4 nitrogen and oxygen atoms in total. The number of thiophene rings is 1. The van der Waals surface area contributed by atoms with Crippen LogP contribution in [0.15, 0.2) is 27.7 Å². The summed E-state index contributed by atoms with van der Waals surface area (Å²) in [4.78, 5) is 24.1. The highest BCUT2D eigenvalue weighted by Gasteiger charge is 2.32. The van der Waals surface area contributed by atoms with Crippen molar-refractivity contribution < 1.29 is 9.53 Å². The summed E-state index contributed by atoms with van der Waals surface area (Å²) in [7, 11) is 1.74. The molecule has 0 unspecified atom stereocenters. The van der Waals surface area contributed by atoms with Crippen LogP contribution in [-0.2, 0) is 11.8 Å². The Labute approximate surface area is 114 Å². The van der Waals surface area contributed by atoms with Gasteiger partial charge in [-0.1, -0.05) is 0 Å². The molecule has 0 bridgehead atoms. The smallest absolute Gasteiger partial charge is 0.312 e. The van der Waals surface area contributed by atoms with Crippen LogP contribution in [0.4, 0.5) is 0 Å².